The fraction of sp³-hybridized carbons (Fsp3) is 0.875. The van der Waals surface area contributed by atoms with Gasteiger partial charge in [0.2, 0.25) is 5.91 Å². The van der Waals surface area contributed by atoms with Gasteiger partial charge in [-0.05, 0) is 6.92 Å². The van der Waals surface area contributed by atoms with Crippen LogP contribution in [-0.2, 0) is 14.6 Å². The molecule has 5 nitrogen and oxygen atoms in total. The molecular weight excluding hydrogens is 204 g/mol. The SMILES string of the molecule is CC(CS(C)(=O)=O)NC(=O)C(C)CN. The van der Waals surface area contributed by atoms with Gasteiger partial charge in [0.25, 0.3) is 0 Å². The minimum absolute atomic E-state index is 0.0456. The molecule has 0 spiro atoms. The van der Waals surface area contributed by atoms with E-state index in [1.165, 1.54) is 0 Å². The van der Waals surface area contributed by atoms with Crippen molar-refractivity contribution in [2.45, 2.75) is 19.9 Å². The molecule has 0 aromatic heterocycles. The summed E-state index contributed by atoms with van der Waals surface area (Å²) in [7, 11) is -3.05. The maximum atomic E-state index is 11.3. The first-order valence-corrected chi connectivity index (χ1v) is 6.50. The highest BCUT2D eigenvalue weighted by Crippen LogP contribution is 1.95. The summed E-state index contributed by atoms with van der Waals surface area (Å²) < 4.78 is 21.8. The lowest BCUT2D eigenvalue weighted by Crippen LogP contribution is -2.41. The van der Waals surface area contributed by atoms with E-state index in [0.29, 0.717) is 0 Å². The largest absolute Gasteiger partial charge is 0.352 e. The Labute approximate surface area is 85.0 Å². The second-order valence-electron chi connectivity index (χ2n) is 3.64. The molecular formula is C8H18N2O3S. The lowest BCUT2D eigenvalue weighted by molar-refractivity contribution is -0.124. The summed E-state index contributed by atoms with van der Waals surface area (Å²) in [6.07, 6.45) is 1.14. The average Bonchev–Trinajstić information content (AvgIpc) is 1.99. The topological polar surface area (TPSA) is 89.3 Å². The molecule has 3 N–H and O–H groups in total. The highest BCUT2D eigenvalue weighted by molar-refractivity contribution is 7.90. The highest BCUT2D eigenvalue weighted by Gasteiger charge is 2.16. The summed E-state index contributed by atoms with van der Waals surface area (Å²) in [5.41, 5.74) is 5.30. The monoisotopic (exact) mass is 222 g/mol. The molecule has 84 valence electrons. The van der Waals surface area contributed by atoms with Gasteiger partial charge < -0.3 is 11.1 Å². The normalized spacial score (nSPS) is 16.0. The molecule has 14 heavy (non-hydrogen) atoms. The molecule has 0 aliphatic heterocycles. The molecule has 6 heteroatoms. The number of nitrogens with two attached hydrogens (primary N) is 1. The lowest BCUT2D eigenvalue weighted by atomic mass is 10.1. The van der Waals surface area contributed by atoms with Crippen LogP contribution in [0.4, 0.5) is 0 Å². The van der Waals surface area contributed by atoms with Gasteiger partial charge in [0.15, 0.2) is 0 Å². The molecule has 0 heterocycles. The molecule has 0 aliphatic carbocycles. The number of rotatable bonds is 5. The van der Waals surface area contributed by atoms with E-state index < -0.39 is 9.84 Å². The Morgan fingerprint density at radius 1 is 1.43 bits per heavy atom. The van der Waals surface area contributed by atoms with Gasteiger partial charge >= 0.3 is 0 Å². The molecule has 0 radical (unpaired) electrons. The predicted octanol–water partition coefficient (Wildman–Crippen LogP) is -0.869. The molecule has 0 aromatic carbocycles. The Bertz CT molecular complexity index is 287. The zero-order valence-electron chi connectivity index (χ0n) is 8.78. The first-order chi connectivity index (χ1) is 6.26. The molecule has 0 fully saturated rings. The van der Waals surface area contributed by atoms with Crippen molar-refractivity contribution in [1.29, 1.82) is 0 Å². The summed E-state index contributed by atoms with van der Waals surface area (Å²) >= 11 is 0. The van der Waals surface area contributed by atoms with Crippen LogP contribution in [0.1, 0.15) is 13.8 Å². The summed E-state index contributed by atoms with van der Waals surface area (Å²) in [6.45, 7) is 3.61. The molecule has 0 aliphatic rings. The third kappa shape index (κ3) is 5.93. The number of hydrogen-bond donors (Lipinski definition) is 2. The van der Waals surface area contributed by atoms with Crippen LogP contribution in [0.25, 0.3) is 0 Å². The van der Waals surface area contributed by atoms with Gasteiger partial charge in [0, 0.05) is 24.8 Å². The van der Waals surface area contributed by atoms with E-state index >= 15 is 0 Å². The zero-order valence-corrected chi connectivity index (χ0v) is 9.60. The fourth-order valence-corrected chi connectivity index (χ4v) is 1.98. The molecule has 2 atom stereocenters. The Morgan fingerprint density at radius 2 is 1.93 bits per heavy atom. The third-order valence-electron chi connectivity index (χ3n) is 1.74. The van der Waals surface area contributed by atoms with E-state index in [2.05, 4.69) is 5.32 Å². The van der Waals surface area contributed by atoms with E-state index in [-0.39, 0.29) is 30.2 Å². The van der Waals surface area contributed by atoms with Crippen molar-refractivity contribution in [2.75, 3.05) is 18.6 Å². The molecule has 0 saturated carbocycles. The number of hydrogen-bond acceptors (Lipinski definition) is 4. The third-order valence-corrected chi connectivity index (χ3v) is 2.85. The summed E-state index contributed by atoms with van der Waals surface area (Å²) in [6, 6.07) is -0.369. The van der Waals surface area contributed by atoms with Crippen LogP contribution in [0.15, 0.2) is 0 Å². The van der Waals surface area contributed by atoms with Crippen molar-refractivity contribution in [2.24, 2.45) is 11.7 Å². The molecule has 2 unspecified atom stereocenters. The minimum Gasteiger partial charge on any atom is -0.352 e. The van der Waals surface area contributed by atoms with Crippen molar-refractivity contribution in [3.05, 3.63) is 0 Å². The van der Waals surface area contributed by atoms with Crippen LogP contribution < -0.4 is 11.1 Å². The van der Waals surface area contributed by atoms with Gasteiger partial charge in [-0.1, -0.05) is 6.92 Å². The number of sulfone groups is 1. The highest BCUT2D eigenvalue weighted by atomic mass is 32.2. The second-order valence-corrected chi connectivity index (χ2v) is 5.82. The molecule has 0 rings (SSSR count). The number of carbonyl (C=O) groups is 1. The Morgan fingerprint density at radius 3 is 2.29 bits per heavy atom. The Balaban J connectivity index is 4.07. The van der Waals surface area contributed by atoms with Gasteiger partial charge in [0.1, 0.15) is 9.84 Å². The Hall–Kier alpha value is -0.620. The smallest absolute Gasteiger partial charge is 0.224 e. The summed E-state index contributed by atoms with van der Waals surface area (Å²) in [5.74, 6) is -0.531. The minimum atomic E-state index is -3.05. The van der Waals surface area contributed by atoms with Crippen LogP contribution >= 0.6 is 0 Å². The van der Waals surface area contributed by atoms with Crippen molar-refractivity contribution >= 4 is 15.7 Å². The van der Waals surface area contributed by atoms with E-state index in [0.717, 1.165) is 6.26 Å². The first kappa shape index (κ1) is 13.4. The zero-order chi connectivity index (χ0) is 11.4. The van der Waals surface area contributed by atoms with Crippen molar-refractivity contribution < 1.29 is 13.2 Å². The molecule has 0 aromatic rings. The lowest BCUT2D eigenvalue weighted by Gasteiger charge is -2.15. The maximum Gasteiger partial charge on any atom is 0.224 e. The summed E-state index contributed by atoms with van der Waals surface area (Å²) in [5, 5.41) is 2.59. The first-order valence-electron chi connectivity index (χ1n) is 4.44. The van der Waals surface area contributed by atoms with E-state index in [1.807, 2.05) is 0 Å². The van der Waals surface area contributed by atoms with Gasteiger partial charge in [0.05, 0.1) is 5.75 Å². The van der Waals surface area contributed by atoms with Crippen LogP contribution in [-0.4, -0.2) is 38.9 Å². The number of carbonyl (C=O) groups excluding carboxylic acids is 1. The van der Waals surface area contributed by atoms with Crippen LogP contribution in [0, 0.1) is 5.92 Å². The standard InChI is InChI=1S/C8H18N2O3S/c1-6(4-9)8(11)10-7(2)5-14(3,12)13/h6-7H,4-5,9H2,1-3H3,(H,10,11). The van der Waals surface area contributed by atoms with E-state index in [9.17, 15) is 13.2 Å². The quantitative estimate of drug-likeness (QED) is 0.633. The number of amides is 1. The molecule has 0 bridgehead atoms. The fourth-order valence-electron chi connectivity index (χ4n) is 0.988. The van der Waals surface area contributed by atoms with E-state index in [1.54, 1.807) is 13.8 Å². The van der Waals surface area contributed by atoms with Crippen LogP contribution in [0.3, 0.4) is 0 Å². The van der Waals surface area contributed by atoms with Gasteiger partial charge in [-0.15, -0.1) is 0 Å². The van der Waals surface area contributed by atoms with Gasteiger partial charge in [-0.3, -0.25) is 4.79 Å². The van der Waals surface area contributed by atoms with Gasteiger partial charge in [-0.2, -0.15) is 0 Å². The van der Waals surface area contributed by atoms with Crippen molar-refractivity contribution in [3.63, 3.8) is 0 Å². The van der Waals surface area contributed by atoms with Crippen molar-refractivity contribution in [3.8, 4) is 0 Å². The second kappa shape index (κ2) is 5.31. The molecule has 0 saturated heterocycles. The van der Waals surface area contributed by atoms with Gasteiger partial charge in [-0.25, -0.2) is 8.42 Å². The number of nitrogens with one attached hydrogen (secondary N) is 1. The van der Waals surface area contributed by atoms with Crippen LogP contribution in [0.5, 0.6) is 0 Å². The van der Waals surface area contributed by atoms with E-state index in [4.69, 9.17) is 5.73 Å². The summed E-state index contributed by atoms with van der Waals surface area (Å²) in [4.78, 5) is 11.3. The maximum absolute atomic E-state index is 11.3. The Kier molecular flexibility index (Phi) is 5.07. The predicted molar refractivity (Wildman–Crippen MR) is 55.5 cm³/mol. The van der Waals surface area contributed by atoms with Crippen molar-refractivity contribution in [1.82, 2.24) is 5.32 Å². The average molecular weight is 222 g/mol. The molecule has 1 amide bonds. The van der Waals surface area contributed by atoms with Crippen LogP contribution in [0.2, 0.25) is 0 Å².